The summed E-state index contributed by atoms with van der Waals surface area (Å²) in [5, 5.41) is 14.5. The van der Waals surface area contributed by atoms with Gasteiger partial charge in [0.25, 0.3) is 0 Å². The number of rotatable bonds is 5. The topological polar surface area (TPSA) is 62.5 Å². The molecule has 1 atom stereocenters. The van der Waals surface area contributed by atoms with Gasteiger partial charge in [0.15, 0.2) is 0 Å². The van der Waals surface area contributed by atoms with Crippen LogP contribution in [-0.2, 0) is 11.2 Å². The van der Waals surface area contributed by atoms with Crippen molar-refractivity contribution in [1.29, 1.82) is 0 Å². The molecule has 25 heavy (non-hydrogen) atoms. The quantitative estimate of drug-likeness (QED) is 0.722. The van der Waals surface area contributed by atoms with Crippen LogP contribution >= 0.6 is 11.6 Å². The zero-order valence-corrected chi connectivity index (χ0v) is 14.9. The highest BCUT2D eigenvalue weighted by atomic mass is 35.5. The van der Waals surface area contributed by atoms with E-state index in [4.69, 9.17) is 16.0 Å². The number of fused-ring (bicyclic) bond motifs is 1. The largest absolute Gasteiger partial charge is 0.464 e. The van der Waals surface area contributed by atoms with Gasteiger partial charge in [-0.3, -0.25) is 4.79 Å². The maximum absolute atomic E-state index is 12.2. The van der Waals surface area contributed by atoms with Crippen LogP contribution in [-0.4, -0.2) is 17.6 Å². The molecule has 1 heterocycles. The predicted octanol–water partition coefficient (Wildman–Crippen LogP) is 4.10. The number of hydrogen-bond acceptors (Lipinski definition) is 3. The number of aryl methyl sites for hydroxylation is 2. The van der Waals surface area contributed by atoms with Crippen LogP contribution in [0.1, 0.15) is 28.4 Å². The molecule has 2 N–H and O–H groups in total. The molecule has 0 aliphatic rings. The van der Waals surface area contributed by atoms with Crippen molar-refractivity contribution in [2.45, 2.75) is 26.4 Å². The van der Waals surface area contributed by atoms with Gasteiger partial charge in [0.05, 0.1) is 18.8 Å². The van der Waals surface area contributed by atoms with E-state index in [-0.39, 0.29) is 18.9 Å². The minimum absolute atomic E-state index is 0.147. The average molecular weight is 358 g/mol. The molecule has 0 spiro atoms. The van der Waals surface area contributed by atoms with Gasteiger partial charge in [-0.25, -0.2) is 0 Å². The fourth-order valence-electron chi connectivity index (χ4n) is 2.72. The van der Waals surface area contributed by atoms with Crippen LogP contribution in [0.5, 0.6) is 0 Å². The molecular weight excluding hydrogens is 338 g/mol. The summed E-state index contributed by atoms with van der Waals surface area (Å²) in [6, 6.07) is 10.9. The third-order valence-corrected chi connectivity index (χ3v) is 4.62. The second-order valence-electron chi connectivity index (χ2n) is 6.24. The maximum Gasteiger partial charge on any atom is 0.224 e. The molecule has 0 fully saturated rings. The number of aliphatic hydroxyl groups is 1. The van der Waals surface area contributed by atoms with E-state index in [0.29, 0.717) is 10.6 Å². The first-order valence-corrected chi connectivity index (χ1v) is 8.49. The van der Waals surface area contributed by atoms with Crippen LogP contribution < -0.4 is 5.32 Å². The molecular formula is C20H20ClNO3. The number of nitrogens with one attached hydrogen (secondary N) is 1. The van der Waals surface area contributed by atoms with E-state index in [0.717, 1.165) is 27.7 Å². The lowest BCUT2D eigenvalue weighted by molar-refractivity contribution is -0.120. The van der Waals surface area contributed by atoms with Gasteiger partial charge >= 0.3 is 0 Å². The summed E-state index contributed by atoms with van der Waals surface area (Å²) in [5.74, 6) is -0.158. The van der Waals surface area contributed by atoms with Crippen molar-refractivity contribution in [2.75, 3.05) is 6.54 Å². The van der Waals surface area contributed by atoms with Gasteiger partial charge in [-0.15, -0.1) is 0 Å². The maximum atomic E-state index is 12.2. The molecule has 1 aromatic heterocycles. The van der Waals surface area contributed by atoms with Crippen molar-refractivity contribution >= 4 is 28.5 Å². The lowest BCUT2D eigenvalue weighted by Crippen LogP contribution is -2.29. The van der Waals surface area contributed by atoms with E-state index >= 15 is 0 Å². The molecule has 1 unspecified atom stereocenters. The zero-order valence-electron chi connectivity index (χ0n) is 14.2. The zero-order chi connectivity index (χ0) is 18.0. The summed E-state index contributed by atoms with van der Waals surface area (Å²) in [6.07, 6.45) is 1.06. The highest BCUT2D eigenvalue weighted by Gasteiger charge is 2.13. The van der Waals surface area contributed by atoms with Gasteiger partial charge in [-0.2, -0.15) is 0 Å². The van der Waals surface area contributed by atoms with Crippen LogP contribution in [0, 0.1) is 13.8 Å². The van der Waals surface area contributed by atoms with E-state index < -0.39 is 6.10 Å². The number of carbonyl (C=O) groups is 1. The van der Waals surface area contributed by atoms with Crippen molar-refractivity contribution in [2.24, 2.45) is 0 Å². The SMILES string of the molecule is Cc1cc2occ(CC(=O)NCC(O)c3ccc(Cl)cc3)c2cc1C. The molecule has 0 bridgehead atoms. The number of amides is 1. The van der Waals surface area contributed by atoms with Gasteiger partial charge in [0.1, 0.15) is 5.58 Å². The molecule has 0 saturated heterocycles. The molecule has 4 nitrogen and oxygen atoms in total. The van der Waals surface area contributed by atoms with Crippen molar-refractivity contribution in [3.05, 3.63) is 69.9 Å². The highest BCUT2D eigenvalue weighted by Crippen LogP contribution is 2.25. The number of furan rings is 1. The Kier molecular flexibility index (Phi) is 5.11. The van der Waals surface area contributed by atoms with E-state index in [1.807, 2.05) is 26.0 Å². The smallest absolute Gasteiger partial charge is 0.224 e. The lowest BCUT2D eigenvalue weighted by Gasteiger charge is -2.12. The first-order valence-electron chi connectivity index (χ1n) is 8.11. The standard InChI is InChI=1S/C20H20ClNO3/c1-12-7-17-15(11-25-19(17)8-13(12)2)9-20(24)22-10-18(23)14-3-5-16(21)6-4-14/h3-8,11,18,23H,9-10H2,1-2H3,(H,22,24). The van der Waals surface area contributed by atoms with Crippen molar-refractivity contribution in [1.82, 2.24) is 5.32 Å². The van der Waals surface area contributed by atoms with Crippen molar-refractivity contribution < 1.29 is 14.3 Å². The summed E-state index contributed by atoms with van der Waals surface area (Å²) in [4.78, 5) is 12.2. The Morgan fingerprint density at radius 1 is 1.20 bits per heavy atom. The molecule has 5 heteroatoms. The Morgan fingerprint density at radius 3 is 2.60 bits per heavy atom. The van der Waals surface area contributed by atoms with Crippen LogP contribution in [0.3, 0.4) is 0 Å². The normalized spacial score (nSPS) is 12.3. The van der Waals surface area contributed by atoms with Crippen LogP contribution in [0.15, 0.2) is 47.1 Å². The van der Waals surface area contributed by atoms with E-state index in [1.165, 1.54) is 0 Å². The van der Waals surface area contributed by atoms with E-state index in [9.17, 15) is 9.90 Å². The van der Waals surface area contributed by atoms with Crippen molar-refractivity contribution in [3.8, 4) is 0 Å². The lowest BCUT2D eigenvalue weighted by atomic mass is 10.0. The highest BCUT2D eigenvalue weighted by molar-refractivity contribution is 6.30. The number of halogens is 1. The van der Waals surface area contributed by atoms with Crippen LogP contribution in [0.25, 0.3) is 11.0 Å². The third kappa shape index (κ3) is 4.03. The summed E-state index contributed by atoms with van der Waals surface area (Å²) >= 11 is 5.83. The number of carbonyl (C=O) groups excluding carboxylic acids is 1. The first-order chi connectivity index (χ1) is 11.9. The monoisotopic (exact) mass is 357 g/mol. The van der Waals surface area contributed by atoms with Gasteiger partial charge < -0.3 is 14.8 Å². The van der Waals surface area contributed by atoms with Crippen molar-refractivity contribution in [3.63, 3.8) is 0 Å². The fourth-order valence-corrected chi connectivity index (χ4v) is 2.85. The average Bonchev–Trinajstić information content (AvgIpc) is 2.95. The minimum atomic E-state index is -0.771. The Hall–Kier alpha value is -2.30. The summed E-state index contributed by atoms with van der Waals surface area (Å²) in [6.45, 7) is 4.21. The molecule has 0 radical (unpaired) electrons. The van der Waals surface area contributed by atoms with Gasteiger partial charge in [-0.1, -0.05) is 23.7 Å². The fraction of sp³-hybridized carbons (Fsp3) is 0.250. The van der Waals surface area contributed by atoms with Gasteiger partial charge in [0.2, 0.25) is 5.91 Å². The Bertz CT molecular complexity index is 899. The van der Waals surface area contributed by atoms with E-state index in [2.05, 4.69) is 5.32 Å². The molecule has 130 valence electrons. The number of benzene rings is 2. The second-order valence-corrected chi connectivity index (χ2v) is 6.68. The Labute approximate surface area is 151 Å². The Balaban J connectivity index is 1.63. The number of aliphatic hydroxyl groups excluding tert-OH is 1. The summed E-state index contributed by atoms with van der Waals surface area (Å²) < 4.78 is 5.55. The van der Waals surface area contributed by atoms with E-state index in [1.54, 1.807) is 30.5 Å². The molecule has 0 aliphatic heterocycles. The Morgan fingerprint density at radius 2 is 1.88 bits per heavy atom. The molecule has 3 rings (SSSR count). The second kappa shape index (κ2) is 7.30. The van der Waals surface area contributed by atoms with Gasteiger partial charge in [-0.05, 0) is 54.8 Å². The predicted molar refractivity (Wildman–Crippen MR) is 98.8 cm³/mol. The first kappa shape index (κ1) is 17.5. The summed E-state index contributed by atoms with van der Waals surface area (Å²) in [5.41, 5.74) is 4.66. The molecule has 0 saturated carbocycles. The van der Waals surface area contributed by atoms with Gasteiger partial charge in [0, 0.05) is 22.5 Å². The molecule has 0 aliphatic carbocycles. The third-order valence-electron chi connectivity index (χ3n) is 4.37. The van der Waals surface area contributed by atoms with Crippen LogP contribution in [0.4, 0.5) is 0 Å². The molecule has 1 amide bonds. The molecule has 2 aromatic carbocycles. The minimum Gasteiger partial charge on any atom is -0.464 e. The molecule has 3 aromatic rings. The summed E-state index contributed by atoms with van der Waals surface area (Å²) in [7, 11) is 0. The van der Waals surface area contributed by atoms with Crippen LogP contribution in [0.2, 0.25) is 5.02 Å². The number of hydrogen-bond donors (Lipinski definition) is 2.